The van der Waals surface area contributed by atoms with Gasteiger partial charge in [-0.05, 0) is 30.3 Å². The molecule has 6 heteroatoms. The first-order chi connectivity index (χ1) is 8.47. The van der Waals surface area contributed by atoms with E-state index in [-0.39, 0.29) is 4.90 Å². The highest BCUT2D eigenvalue weighted by Crippen LogP contribution is 2.25. The summed E-state index contributed by atoms with van der Waals surface area (Å²) in [5.41, 5.74) is 0.566. The van der Waals surface area contributed by atoms with Gasteiger partial charge < -0.3 is 9.73 Å². The van der Waals surface area contributed by atoms with Crippen molar-refractivity contribution < 1.29 is 12.8 Å². The van der Waals surface area contributed by atoms with Crippen LogP contribution in [0.3, 0.4) is 0 Å². The molecule has 0 unspecified atom stereocenters. The highest BCUT2D eigenvalue weighted by Gasteiger charge is 2.10. The molecule has 0 aliphatic carbocycles. The lowest BCUT2D eigenvalue weighted by atomic mass is 10.3. The minimum Gasteiger partial charge on any atom is -0.467 e. The quantitative estimate of drug-likeness (QED) is 0.938. The topological polar surface area (TPSA) is 59.3 Å². The van der Waals surface area contributed by atoms with E-state index in [9.17, 15) is 8.42 Å². The van der Waals surface area contributed by atoms with Crippen molar-refractivity contribution in [2.75, 3.05) is 11.6 Å². The molecule has 2 aromatic rings. The molecule has 0 saturated heterocycles. The van der Waals surface area contributed by atoms with E-state index < -0.39 is 9.84 Å². The molecule has 0 radical (unpaired) electrons. The molecule has 1 aromatic carbocycles. The molecule has 0 bridgehead atoms. The summed E-state index contributed by atoms with van der Waals surface area (Å²) in [7, 11) is -3.24. The van der Waals surface area contributed by atoms with Crippen LogP contribution >= 0.6 is 11.6 Å². The SMILES string of the molecule is CS(=O)(=O)c1ccc(Cl)c(NCc2ccco2)c1. The summed E-state index contributed by atoms with van der Waals surface area (Å²) >= 11 is 6.00. The van der Waals surface area contributed by atoms with E-state index in [1.807, 2.05) is 6.07 Å². The van der Waals surface area contributed by atoms with E-state index in [1.54, 1.807) is 18.4 Å². The zero-order valence-electron chi connectivity index (χ0n) is 9.68. The summed E-state index contributed by atoms with van der Waals surface area (Å²) in [6.07, 6.45) is 2.73. The van der Waals surface area contributed by atoms with Gasteiger partial charge >= 0.3 is 0 Å². The Morgan fingerprint density at radius 3 is 2.72 bits per heavy atom. The third-order valence-corrected chi connectivity index (χ3v) is 3.84. The minimum absolute atomic E-state index is 0.230. The smallest absolute Gasteiger partial charge is 0.175 e. The Morgan fingerprint density at radius 2 is 2.11 bits per heavy atom. The second kappa shape index (κ2) is 5.04. The molecule has 0 spiro atoms. The summed E-state index contributed by atoms with van der Waals surface area (Å²) in [6, 6.07) is 8.16. The summed E-state index contributed by atoms with van der Waals surface area (Å²) in [6.45, 7) is 0.444. The lowest BCUT2D eigenvalue weighted by Gasteiger charge is -2.08. The molecular formula is C12H12ClNO3S. The molecule has 0 aliphatic heterocycles. The summed E-state index contributed by atoms with van der Waals surface area (Å²) in [5, 5.41) is 3.50. The van der Waals surface area contributed by atoms with E-state index in [0.29, 0.717) is 17.3 Å². The number of hydrogen-bond acceptors (Lipinski definition) is 4. The fraction of sp³-hybridized carbons (Fsp3) is 0.167. The summed E-state index contributed by atoms with van der Waals surface area (Å²) in [5.74, 6) is 0.746. The number of halogens is 1. The van der Waals surface area contributed by atoms with Crippen molar-refractivity contribution in [3.63, 3.8) is 0 Å². The van der Waals surface area contributed by atoms with E-state index in [4.69, 9.17) is 16.0 Å². The number of benzene rings is 1. The number of nitrogens with one attached hydrogen (secondary N) is 1. The van der Waals surface area contributed by atoms with Gasteiger partial charge in [0, 0.05) is 6.26 Å². The monoisotopic (exact) mass is 285 g/mol. The maximum absolute atomic E-state index is 11.4. The average molecular weight is 286 g/mol. The number of furan rings is 1. The first kappa shape index (κ1) is 13.0. The molecular weight excluding hydrogens is 274 g/mol. The highest BCUT2D eigenvalue weighted by atomic mass is 35.5. The summed E-state index contributed by atoms with van der Waals surface area (Å²) in [4.78, 5) is 0.230. The lowest BCUT2D eigenvalue weighted by Crippen LogP contribution is -2.02. The maximum Gasteiger partial charge on any atom is 0.175 e. The van der Waals surface area contributed by atoms with Crippen molar-refractivity contribution in [1.29, 1.82) is 0 Å². The van der Waals surface area contributed by atoms with Crippen molar-refractivity contribution in [2.24, 2.45) is 0 Å². The van der Waals surface area contributed by atoms with Crippen LogP contribution in [0.15, 0.2) is 45.9 Å². The van der Waals surface area contributed by atoms with Crippen LogP contribution in [0.4, 0.5) is 5.69 Å². The van der Waals surface area contributed by atoms with Crippen LogP contribution in [0.1, 0.15) is 5.76 Å². The average Bonchev–Trinajstić information content (AvgIpc) is 2.79. The van der Waals surface area contributed by atoms with Gasteiger partial charge in [-0.2, -0.15) is 0 Å². The van der Waals surface area contributed by atoms with Gasteiger partial charge in [0.25, 0.3) is 0 Å². The predicted molar refractivity (Wildman–Crippen MR) is 70.6 cm³/mol. The van der Waals surface area contributed by atoms with Gasteiger partial charge in [0.2, 0.25) is 0 Å². The number of hydrogen-bond donors (Lipinski definition) is 1. The zero-order valence-corrected chi connectivity index (χ0v) is 11.3. The van der Waals surface area contributed by atoms with Crippen LogP contribution < -0.4 is 5.32 Å². The van der Waals surface area contributed by atoms with Crippen LogP contribution in [0.25, 0.3) is 0 Å². The van der Waals surface area contributed by atoms with Crippen molar-refractivity contribution in [3.05, 3.63) is 47.4 Å². The Morgan fingerprint density at radius 1 is 1.33 bits per heavy atom. The molecule has 1 aromatic heterocycles. The van der Waals surface area contributed by atoms with Crippen LogP contribution in [-0.4, -0.2) is 14.7 Å². The molecule has 0 amide bonds. The number of rotatable bonds is 4. The zero-order chi connectivity index (χ0) is 13.2. The Kier molecular flexibility index (Phi) is 3.63. The van der Waals surface area contributed by atoms with E-state index >= 15 is 0 Å². The van der Waals surface area contributed by atoms with Crippen molar-refractivity contribution in [1.82, 2.24) is 0 Å². The molecule has 0 fully saturated rings. The first-order valence-electron chi connectivity index (χ1n) is 5.22. The van der Waals surface area contributed by atoms with Gasteiger partial charge in [0.1, 0.15) is 5.76 Å². The Bertz CT molecular complexity index is 635. The molecule has 0 atom stereocenters. The van der Waals surface area contributed by atoms with Gasteiger partial charge in [0.05, 0.1) is 28.4 Å². The van der Waals surface area contributed by atoms with Gasteiger partial charge in [-0.3, -0.25) is 0 Å². The molecule has 2 rings (SSSR count). The largest absolute Gasteiger partial charge is 0.467 e. The fourth-order valence-electron chi connectivity index (χ4n) is 1.47. The van der Waals surface area contributed by atoms with Crippen LogP contribution in [-0.2, 0) is 16.4 Å². The van der Waals surface area contributed by atoms with E-state index in [1.165, 1.54) is 12.1 Å². The van der Waals surface area contributed by atoms with Crippen molar-refractivity contribution in [3.8, 4) is 0 Å². The molecule has 96 valence electrons. The molecule has 0 saturated carbocycles. The normalized spacial score (nSPS) is 11.4. The van der Waals surface area contributed by atoms with Crippen molar-refractivity contribution in [2.45, 2.75) is 11.4 Å². The molecule has 1 N–H and O–H groups in total. The van der Waals surface area contributed by atoms with Gasteiger partial charge in [-0.1, -0.05) is 11.6 Å². The Labute approximate surface area is 110 Å². The second-order valence-electron chi connectivity index (χ2n) is 3.85. The van der Waals surface area contributed by atoms with E-state index in [0.717, 1.165) is 12.0 Å². The van der Waals surface area contributed by atoms with Crippen molar-refractivity contribution >= 4 is 27.1 Å². The first-order valence-corrected chi connectivity index (χ1v) is 7.49. The van der Waals surface area contributed by atoms with Gasteiger partial charge in [-0.25, -0.2) is 8.42 Å². The third kappa shape index (κ3) is 3.05. The van der Waals surface area contributed by atoms with Gasteiger partial charge in [0.15, 0.2) is 9.84 Å². The maximum atomic E-state index is 11.4. The van der Waals surface area contributed by atoms with Crippen LogP contribution in [0.5, 0.6) is 0 Å². The molecule has 18 heavy (non-hydrogen) atoms. The third-order valence-electron chi connectivity index (χ3n) is 2.40. The number of sulfone groups is 1. The molecule has 1 heterocycles. The Balaban J connectivity index is 2.22. The van der Waals surface area contributed by atoms with Crippen LogP contribution in [0, 0.1) is 0 Å². The molecule has 4 nitrogen and oxygen atoms in total. The summed E-state index contributed by atoms with van der Waals surface area (Å²) < 4.78 is 28.0. The Hall–Kier alpha value is -1.46. The van der Waals surface area contributed by atoms with E-state index in [2.05, 4.69) is 5.32 Å². The minimum atomic E-state index is -3.24. The predicted octanol–water partition coefficient (Wildman–Crippen LogP) is 2.95. The molecule has 0 aliphatic rings. The number of anilines is 1. The lowest BCUT2D eigenvalue weighted by molar-refractivity contribution is 0.518. The fourth-order valence-corrected chi connectivity index (χ4v) is 2.30. The van der Waals surface area contributed by atoms with Crippen LogP contribution in [0.2, 0.25) is 5.02 Å². The van der Waals surface area contributed by atoms with Gasteiger partial charge in [-0.15, -0.1) is 0 Å². The second-order valence-corrected chi connectivity index (χ2v) is 6.27. The standard InChI is InChI=1S/C12H12ClNO3S/c1-18(15,16)10-4-5-11(13)12(7-10)14-8-9-3-2-6-17-9/h2-7,14H,8H2,1H3. The highest BCUT2D eigenvalue weighted by molar-refractivity contribution is 7.90.